The largest absolute Gasteiger partial charge is 0.393 e. The molecule has 3 atom stereocenters. The van der Waals surface area contributed by atoms with Gasteiger partial charge in [0, 0.05) is 31.4 Å². The minimum atomic E-state index is -0.515. The summed E-state index contributed by atoms with van der Waals surface area (Å²) < 4.78 is 0. The van der Waals surface area contributed by atoms with Gasteiger partial charge in [0.05, 0.1) is 18.2 Å². The maximum Gasteiger partial charge on any atom is 0.239 e. The standard InChI is InChI=1S/C26H33N3O2/c1-18-21-10-6-7-11-22(21)24(28(18)2)17-25(30)20-12-14-29(15-13-20)26(31)23(27)16-19-8-4-3-5-9-19/h3-11,20,23-25,30H,1,12-17,27H2,2H3. The predicted molar refractivity (Wildman–Crippen MR) is 124 cm³/mol. The molecule has 0 aliphatic carbocycles. The Bertz CT molecular complexity index is 921. The molecular formula is C26H33N3O2. The van der Waals surface area contributed by atoms with Crippen LogP contribution in [-0.4, -0.2) is 53.1 Å². The average Bonchev–Trinajstić information content (AvgIpc) is 3.04. The molecule has 4 rings (SSSR count). The van der Waals surface area contributed by atoms with Gasteiger partial charge in [-0.05, 0) is 42.7 Å². The molecule has 0 bridgehead atoms. The summed E-state index contributed by atoms with van der Waals surface area (Å²) >= 11 is 0. The lowest BCUT2D eigenvalue weighted by atomic mass is 9.86. The summed E-state index contributed by atoms with van der Waals surface area (Å²) in [4.78, 5) is 16.8. The lowest BCUT2D eigenvalue weighted by Gasteiger charge is -2.36. The molecule has 0 spiro atoms. The number of nitrogens with two attached hydrogens (primary N) is 1. The highest BCUT2D eigenvalue weighted by Gasteiger charge is 2.35. The molecule has 5 nitrogen and oxygen atoms in total. The zero-order valence-electron chi connectivity index (χ0n) is 18.3. The van der Waals surface area contributed by atoms with Gasteiger partial charge in [0.2, 0.25) is 5.91 Å². The highest BCUT2D eigenvalue weighted by molar-refractivity contribution is 5.82. The van der Waals surface area contributed by atoms with E-state index in [0.29, 0.717) is 25.9 Å². The molecule has 1 saturated heterocycles. The van der Waals surface area contributed by atoms with Crippen LogP contribution in [0.2, 0.25) is 0 Å². The van der Waals surface area contributed by atoms with Crippen LogP contribution in [0.4, 0.5) is 0 Å². The van der Waals surface area contributed by atoms with Crippen molar-refractivity contribution in [1.82, 2.24) is 9.80 Å². The first-order valence-corrected chi connectivity index (χ1v) is 11.2. The van der Waals surface area contributed by atoms with E-state index in [0.717, 1.165) is 24.1 Å². The van der Waals surface area contributed by atoms with E-state index in [2.05, 4.69) is 30.7 Å². The van der Waals surface area contributed by atoms with Gasteiger partial charge in [-0.2, -0.15) is 0 Å². The zero-order chi connectivity index (χ0) is 22.0. The van der Waals surface area contributed by atoms with Crippen molar-refractivity contribution >= 4 is 11.6 Å². The molecule has 2 aromatic carbocycles. The van der Waals surface area contributed by atoms with Crippen LogP contribution in [-0.2, 0) is 11.2 Å². The molecule has 0 saturated carbocycles. The second-order valence-corrected chi connectivity index (χ2v) is 8.92. The van der Waals surface area contributed by atoms with Crippen LogP contribution in [0.15, 0.2) is 61.2 Å². The van der Waals surface area contributed by atoms with E-state index in [1.807, 2.05) is 47.4 Å². The Hall–Kier alpha value is -2.63. The van der Waals surface area contributed by atoms with Gasteiger partial charge in [-0.15, -0.1) is 0 Å². The Labute approximate surface area is 185 Å². The summed E-state index contributed by atoms with van der Waals surface area (Å²) in [6, 6.07) is 17.9. The smallest absolute Gasteiger partial charge is 0.239 e. The van der Waals surface area contributed by atoms with E-state index in [1.165, 1.54) is 11.1 Å². The number of fused-ring (bicyclic) bond motifs is 1. The third-order valence-corrected chi connectivity index (χ3v) is 7.00. The van der Waals surface area contributed by atoms with Crippen LogP contribution in [0.1, 0.15) is 42.0 Å². The number of rotatable bonds is 6. The number of amides is 1. The lowest BCUT2D eigenvalue weighted by Crippen LogP contribution is -2.49. The Kier molecular flexibility index (Phi) is 6.44. The fourth-order valence-electron chi connectivity index (χ4n) is 5.04. The third-order valence-electron chi connectivity index (χ3n) is 7.00. The first-order valence-electron chi connectivity index (χ1n) is 11.2. The van der Waals surface area contributed by atoms with Crippen LogP contribution in [0.3, 0.4) is 0 Å². The number of carbonyl (C=O) groups is 1. The molecule has 2 aromatic rings. The van der Waals surface area contributed by atoms with E-state index in [9.17, 15) is 9.90 Å². The van der Waals surface area contributed by atoms with Crippen molar-refractivity contribution in [2.75, 3.05) is 20.1 Å². The number of aliphatic hydroxyl groups is 1. The fraction of sp³-hybridized carbons (Fsp3) is 0.423. The molecule has 164 valence electrons. The molecular weight excluding hydrogens is 386 g/mol. The van der Waals surface area contributed by atoms with Crippen molar-refractivity contribution in [3.05, 3.63) is 77.9 Å². The molecule has 2 heterocycles. The number of hydrogen-bond acceptors (Lipinski definition) is 4. The van der Waals surface area contributed by atoms with Gasteiger partial charge in [-0.1, -0.05) is 61.2 Å². The van der Waals surface area contributed by atoms with E-state index < -0.39 is 12.1 Å². The summed E-state index contributed by atoms with van der Waals surface area (Å²) in [6.45, 7) is 5.53. The minimum Gasteiger partial charge on any atom is -0.393 e. The van der Waals surface area contributed by atoms with Gasteiger partial charge in [0.15, 0.2) is 0 Å². The monoisotopic (exact) mass is 419 g/mol. The number of benzene rings is 2. The summed E-state index contributed by atoms with van der Waals surface area (Å²) in [6.07, 6.45) is 2.45. The zero-order valence-corrected chi connectivity index (χ0v) is 18.3. The topological polar surface area (TPSA) is 69.8 Å². The lowest BCUT2D eigenvalue weighted by molar-refractivity contribution is -0.134. The third kappa shape index (κ3) is 4.53. The predicted octanol–water partition coefficient (Wildman–Crippen LogP) is 3.20. The summed E-state index contributed by atoms with van der Waals surface area (Å²) in [7, 11) is 2.05. The van der Waals surface area contributed by atoms with Gasteiger partial charge in [-0.25, -0.2) is 0 Å². The molecule has 2 aliphatic rings. The Morgan fingerprint density at radius 1 is 1.13 bits per heavy atom. The van der Waals surface area contributed by atoms with Gasteiger partial charge in [-0.3, -0.25) is 4.79 Å². The van der Waals surface area contributed by atoms with Crippen molar-refractivity contribution in [3.63, 3.8) is 0 Å². The molecule has 3 N–H and O–H groups in total. The number of aliphatic hydroxyl groups excluding tert-OH is 1. The van der Waals surface area contributed by atoms with E-state index in [-0.39, 0.29) is 17.9 Å². The van der Waals surface area contributed by atoms with Gasteiger partial charge >= 0.3 is 0 Å². The number of hydrogen-bond donors (Lipinski definition) is 2. The van der Waals surface area contributed by atoms with E-state index in [4.69, 9.17) is 5.73 Å². The van der Waals surface area contributed by atoms with Crippen molar-refractivity contribution < 1.29 is 9.90 Å². The number of likely N-dealkylation sites (tertiary alicyclic amines) is 1. The quantitative estimate of drug-likeness (QED) is 0.754. The van der Waals surface area contributed by atoms with Crippen LogP contribution in [0, 0.1) is 5.92 Å². The number of piperidine rings is 1. The molecule has 31 heavy (non-hydrogen) atoms. The van der Waals surface area contributed by atoms with Crippen LogP contribution in [0.25, 0.3) is 5.70 Å². The van der Waals surface area contributed by atoms with E-state index in [1.54, 1.807) is 0 Å². The molecule has 1 amide bonds. The van der Waals surface area contributed by atoms with Gasteiger partial charge in [0.1, 0.15) is 0 Å². The second-order valence-electron chi connectivity index (χ2n) is 8.92. The maximum atomic E-state index is 12.8. The number of nitrogens with zero attached hydrogens (tertiary/aromatic N) is 2. The highest BCUT2D eigenvalue weighted by Crippen LogP contribution is 2.42. The van der Waals surface area contributed by atoms with Gasteiger partial charge in [0.25, 0.3) is 0 Å². The van der Waals surface area contributed by atoms with Crippen molar-refractivity contribution in [2.24, 2.45) is 11.7 Å². The Morgan fingerprint density at radius 3 is 2.48 bits per heavy atom. The second kappa shape index (κ2) is 9.25. The first kappa shape index (κ1) is 21.6. The summed E-state index contributed by atoms with van der Waals surface area (Å²) in [5.41, 5.74) is 10.7. The SMILES string of the molecule is C=C1c2ccccc2C(CC(O)C2CCN(C(=O)C(N)Cc3ccccc3)CC2)N1C. The van der Waals surface area contributed by atoms with E-state index >= 15 is 0 Å². The molecule has 0 radical (unpaired) electrons. The van der Waals surface area contributed by atoms with Crippen LogP contribution >= 0.6 is 0 Å². The minimum absolute atomic E-state index is 0.0116. The van der Waals surface area contributed by atoms with Crippen LogP contribution in [0.5, 0.6) is 0 Å². The molecule has 5 heteroatoms. The summed E-state index contributed by atoms with van der Waals surface area (Å²) in [5, 5.41) is 11.0. The Morgan fingerprint density at radius 2 is 1.77 bits per heavy atom. The molecule has 0 aromatic heterocycles. The first-order chi connectivity index (χ1) is 15.0. The van der Waals surface area contributed by atoms with Crippen molar-refractivity contribution in [3.8, 4) is 0 Å². The van der Waals surface area contributed by atoms with Crippen molar-refractivity contribution in [2.45, 2.75) is 43.9 Å². The highest BCUT2D eigenvalue weighted by atomic mass is 16.3. The maximum absolute atomic E-state index is 12.8. The van der Waals surface area contributed by atoms with Crippen molar-refractivity contribution in [1.29, 1.82) is 0 Å². The molecule has 1 fully saturated rings. The number of carbonyl (C=O) groups excluding carboxylic acids is 1. The molecule has 3 unspecified atom stereocenters. The summed E-state index contributed by atoms with van der Waals surface area (Å²) in [5.74, 6) is 0.210. The van der Waals surface area contributed by atoms with Gasteiger partial charge < -0.3 is 20.6 Å². The normalized spacial score (nSPS) is 21.1. The fourth-order valence-corrected chi connectivity index (χ4v) is 5.04. The van der Waals surface area contributed by atoms with Crippen LogP contribution < -0.4 is 5.73 Å². The average molecular weight is 420 g/mol. The molecule has 2 aliphatic heterocycles. The Balaban J connectivity index is 1.30.